The van der Waals surface area contributed by atoms with Gasteiger partial charge in [0, 0.05) is 0 Å². The highest BCUT2D eigenvalue weighted by atomic mass is 19.4. The molecule has 15 heavy (non-hydrogen) atoms. The van der Waals surface area contributed by atoms with Gasteiger partial charge in [0.25, 0.3) is 0 Å². The van der Waals surface area contributed by atoms with Crippen LogP contribution in [0.5, 0.6) is 0 Å². The summed E-state index contributed by atoms with van der Waals surface area (Å²) in [6.07, 6.45) is -5.42. The van der Waals surface area contributed by atoms with Crippen molar-refractivity contribution >= 4 is 12.1 Å². The minimum atomic E-state index is -5.07. The Morgan fingerprint density at radius 1 is 1.53 bits per heavy atom. The monoisotopic (exact) mass is 227 g/mol. The molecule has 0 aromatic heterocycles. The van der Waals surface area contributed by atoms with E-state index < -0.39 is 24.3 Å². The number of carboxylic acid groups (broad SMARTS) is 1. The van der Waals surface area contributed by atoms with E-state index in [9.17, 15) is 22.8 Å². The maximum Gasteiger partial charge on any atom is 0.419 e. The third-order valence-corrected chi connectivity index (χ3v) is 1.17. The van der Waals surface area contributed by atoms with Crippen LogP contribution in [0.2, 0.25) is 0 Å². The summed E-state index contributed by atoms with van der Waals surface area (Å²) in [5, 5.41) is 9.33. The van der Waals surface area contributed by atoms with Crippen molar-refractivity contribution in [1.29, 1.82) is 0 Å². The molecule has 0 aliphatic carbocycles. The number of carbonyl (C=O) groups is 2. The lowest BCUT2D eigenvalue weighted by Gasteiger charge is -2.16. The summed E-state index contributed by atoms with van der Waals surface area (Å²) in [6, 6.07) is -2.98. The summed E-state index contributed by atoms with van der Waals surface area (Å²) in [6.45, 7) is 2.84. The van der Waals surface area contributed by atoms with Gasteiger partial charge in [-0.15, -0.1) is 0 Å². The summed E-state index contributed by atoms with van der Waals surface area (Å²) in [7, 11) is 0. The van der Waals surface area contributed by atoms with Gasteiger partial charge >= 0.3 is 18.2 Å². The van der Waals surface area contributed by atoms with E-state index in [2.05, 4.69) is 11.3 Å². The molecular weight excluding hydrogens is 219 g/mol. The molecule has 0 heterocycles. The average molecular weight is 227 g/mol. The number of alkyl halides is 3. The zero-order valence-corrected chi connectivity index (χ0v) is 7.37. The molecule has 0 bridgehead atoms. The minimum Gasteiger partial charge on any atom is -0.479 e. The van der Waals surface area contributed by atoms with Crippen molar-refractivity contribution in [3.05, 3.63) is 12.7 Å². The first-order valence-electron chi connectivity index (χ1n) is 3.62. The van der Waals surface area contributed by atoms with Gasteiger partial charge in [-0.2, -0.15) is 13.2 Å². The van der Waals surface area contributed by atoms with E-state index in [-0.39, 0.29) is 6.61 Å². The fraction of sp³-hybridized carbons (Fsp3) is 0.429. The van der Waals surface area contributed by atoms with Crippen LogP contribution >= 0.6 is 0 Å². The van der Waals surface area contributed by atoms with Crippen LogP contribution in [-0.4, -0.2) is 36.0 Å². The van der Waals surface area contributed by atoms with Gasteiger partial charge in [0.15, 0.2) is 0 Å². The number of nitrogens with one attached hydrogen (secondary N) is 1. The first-order chi connectivity index (χ1) is 6.79. The minimum absolute atomic E-state index is 0.309. The van der Waals surface area contributed by atoms with Crippen LogP contribution in [0, 0.1) is 0 Å². The molecule has 0 unspecified atom stereocenters. The molecule has 8 heteroatoms. The van der Waals surface area contributed by atoms with E-state index in [1.54, 1.807) is 0 Å². The van der Waals surface area contributed by atoms with Crippen molar-refractivity contribution in [2.24, 2.45) is 0 Å². The molecule has 0 aromatic rings. The smallest absolute Gasteiger partial charge is 0.419 e. The average Bonchev–Trinajstić information content (AvgIpc) is 2.08. The molecule has 0 saturated heterocycles. The second kappa shape index (κ2) is 5.23. The molecule has 1 atom stereocenters. The van der Waals surface area contributed by atoms with Gasteiger partial charge in [-0.1, -0.05) is 12.7 Å². The van der Waals surface area contributed by atoms with Crippen LogP contribution in [0.4, 0.5) is 18.0 Å². The summed E-state index contributed by atoms with van der Waals surface area (Å²) < 4.78 is 40.1. The van der Waals surface area contributed by atoms with Gasteiger partial charge in [-0.25, -0.2) is 9.59 Å². The molecule has 0 spiro atoms. The van der Waals surface area contributed by atoms with Gasteiger partial charge in [0.1, 0.15) is 6.61 Å². The first-order valence-corrected chi connectivity index (χ1v) is 3.62. The second-order valence-electron chi connectivity index (χ2n) is 2.34. The van der Waals surface area contributed by atoms with Crippen LogP contribution < -0.4 is 5.32 Å². The van der Waals surface area contributed by atoms with Crippen molar-refractivity contribution in [3.8, 4) is 0 Å². The van der Waals surface area contributed by atoms with E-state index in [4.69, 9.17) is 5.11 Å². The Kier molecular flexibility index (Phi) is 4.62. The molecule has 0 aliphatic heterocycles. The molecule has 5 nitrogen and oxygen atoms in total. The molecule has 0 aliphatic rings. The quantitative estimate of drug-likeness (QED) is 0.700. The molecule has 0 rings (SSSR count). The molecule has 0 saturated carbocycles. The van der Waals surface area contributed by atoms with Crippen LogP contribution in [-0.2, 0) is 9.53 Å². The SMILES string of the molecule is C=CCOC(=O)N[C@H](C(=O)O)C(F)(F)F. The number of hydrogen-bond acceptors (Lipinski definition) is 3. The van der Waals surface area contributed by atoms with Gasteiger partial charge in [-0.05, 0) is 0 Å². The number of carboxylic acids is 1. The molecule has 2 N–H and O–H groups in total. The van der Waals surface area contributed by atoms with Crippen molar-refractivity contribution in [2.75, 3.05) is 6.61 Å². The maximum absolute atomic E-state index is 12.0. The second-order valence-corrected chi connectivity index (χ2v) is 2.34. The number of aliphatic carboxylic acids is 1. The first kappa shape index (κ1) is 13.3. The number of carbonyl (C=O) groups excluding carboxylic acids is 1. The number of amides is 1. The lowest BCUT2D eigenvalue weighted by molar-refractivity contribution is -0.178. The number of hydrogen-bond donors (Lipinski definition) is 2. The fourth-order valence-corrected chi connectivity index (χ4v) is 0.578. The van der Waals surface area contributed by atoms with Gasteiger partial charge < -0.3 is 9.84 Å². The van der Waals surface area contributed by atoms with Crippen LogP contribution in [0.25, 0.3) is 0 Å². The Balaban J connectivity index is 4.37. The third kappa shape index (κ3) is 4.89. The van der Waals surface area contributed by atoms with E-state index in [0.29, 0.717) is 0 Å². The van der Waals surface area contributed by atoms with Crippen LogP contribution in [0.3, 0.4) is 0 Å². The summed E-state index contributed by atoms with van der Waals surface area (Å²) >= 11 is 0. The molecule has 0 radical (unpaired) electrons. The van der Waals surface area contributed by atoms with E-state index in [0.717, 1.165) is 11.4 Å². The van der Waals surface area contributed by atoms with Crippen LogP contribution in [0.1, 0.15) is 0 Å². The lowest BCUT2D eigenvalue weighted by atomic mass is 10.3. The standard InChI is InChI=1S/C7H8F3NO4/c1-2-3-15-6(14)11-4(5(12)13)7(8,9)10/h2,4H,1,3H2,(H,11,14)(H,12,13)/t4-/m1/s1. The summed E-state index contributed by atoms with van der Waals surface area (Å²) in [4.78, 5) is 20.8. The van der Waals surface area contributed by atoms with Crippen molar-refractivity contribution in [2.45, 2.75) is 12.2 Å². The summed E-state index contributed by atoms with van der Waals surface area (Å²) in [5.41, 5.74) is 0. The Labute approximate surface area is 82.5 Å². The van der Waals surface area contributed by atoms with E-state index >= 15 is 0 Å². The van der Waals surface area contributed by atoms with Gasteiger partial charge in [0.2, 0.25) is 6.04 Å². The lowest BCUT2D eigenvalue weighted by Crippen LogP contribution is -2.50. The predicted molar refractivity (Wildman–Crippen MR) is 42.2 cm³/mol. The molecular formula is C7H8F3NO4. The van der Waals surface area contributed by atoms with Crippen LogP contribution in [0.15, 0.2) is 12.7 Å². The largest absolute Gasteiger partial charge is 0.479 e. The highest BCUT2D eigenvalue weighted by Crippen LogP contribution is 2.20. The normalized spacial score (nSPS) is 12.7. The zero-order valence-electron chi connectivity index (χ0n) is 7.37. The highest BCUT2D eigenvalue weighted by Gasteiger charge is 2.46. The molecule has 86 valence electrons. The Hall–Kier alpha value is -1.73. The van der Waals surface area contributed by atoms with Gasteiger partial charge in [0.05, 0.1) is 0 Å². The molecule has 1 amide bonds. The number of alkyl carbamates (subject to hydrolysis) is 1. The Bertz CT molecular complexity index is 263. The van der Waals surface area contributed by atoms with Crippen molar-refractivity contribution in [3.63, 3.8) is 0 Å². The third-order valence-electron chi connectivity index (χ3n) is 1.17. The fourth-order valence-electron chi connectivity index (χ4n) is 0.578. The number of halogens is 3. The number of rotatable bonds is 4. The van der Waals surface area contributed by atoms with Crippen molar-refractivity contribution in [1.82, 2.24) is 5.32 Å². The van der Waals surface area contributed by atoms with Crippen molar-refractivity contribution < 1.29 is 32.6 Å². The molecule has 0 aromatic carbocycles. The zero-order chi connectivity index (χ0) is 12.1. The van der Waals surface area contributed by atoms with E-state index in [1.165, 1.54) is 0 Å². The summed E-state index contributed by atoms with van der Waals surface area (Å²) in [5.74, 6) is -2.21. The van der Waals surface area contributed by atoms with E-state index in [1.807, 2.05) is 0 Å². The highest BCUT2D eigenvalue weighted by molar-refractivity contribution is 5.80. The van der Waals surface area contributed by atoms with Gasteiger partial charge in [-0.3, -0.25) is 5.32 Å². The topological polar surface area (TPSA) is 75.6 Å². The predicted octanol–water partition coefficient (Wildman–Crippen LogP) is 0.914. The number of ether oxygens (including phenoxy) is 1. The maximum atomic E-state index is 12.0. The Morgan fingerprint density at radius 3 is 2.40 bits per heavy atom. The Morgan fingerprint density at radius 2 is 2.07 bits per heavy atom. The molecule has 0 fully saturated rings.